The molecule has 18 heavy (non-hydrogen) atoms. The van der Waals surface area contributed by atoms with Crippen LogP contribution in [-0.4, -0.2) is 35.1 Å². The Kier molecular flexibility index (Phi) is 4.36. The molecule has 0 amide bonds. The second kappa shape index (κ2) is 5.81. The zero-order valence-electron chi connectivity index (χ0n) is 12.0. The minimum absolute atomic E-state index is 0.585. The van der Waals surface area contributed by atoms with E-state index in [9.17, 15) is 0 Å². The number of pyridine rings is 1. The molecule has 1 N–H and O–H groups in total. The maximum Gasteiger partial charge on any atom is 0.0573 e. The number of aromatic nitrogens is 1. The number of nitrogens with zero attached hydrogens (tertiary/aromatic N) is 2. The molecular weight excluding hydrogens is 222 g/mol. The topological polar surface area (TPSA) is 28.2 Å². The molecule has 1 aromatic rings. The van der Waals surface area contributed by atoms with Gasteiger partial charge in [-0.3, -0.25) is 9.88 Å². The first-order valence-corrected chi connectivity index (χ1v) is 6.96. The van der Waals surface area contributed by atoms with Crippen molar-refractivity contribution in [1.29, 1.82) is 0 Å². The highest BCUT2D eigenvalue weighted by atomic mass is 15.2. The molecule has 2 atom stereocenters. The molecular formula is C15H25N3. The van der Waals surface area contributed by atoms with Crippen LogP contribution >= 0.6 is 0 Å². The van der Waals surface area contributed by atoms with E-state index in [1.165, 1.54) is 11.3 Å². The molecule has 1 saturated heterocycles. The maximum atomic E-state index is 4.51. The van der Waals surface area contributed by atoms with Crippen LogP contribution < -0.4 is 5.32 Å². The van der Waals surface area contributed by atoms with Crippen LogP contribution in [-0.2, 0) is 6.54 Å². The maximum absolute atomic E-state index is 4.51. The largest absolute Gasteiger partial charge is 0.311 e. The van der Waals surface area contributed by atoms with Gasteiger partial charge in [-0.1, -0.05) is 19.9 Å². The van der Waals surface area contributed by atoms with Crippen molar-refractivity contribution in [1.82, 2.24) is 15.2 Å². The number of hydrogen-bond acceptors (Lipinski definition) is 3. The zero-order chi connectivity index (χ0) is 13.1. The van der Waals surface area contributed by atoms with Gasteiger partial charge in [0.15, 0.2) is 0 Å². The van der Waals surface area contributed by atoms with E-state index in [1.807, 2.05) is 12.3 Å². The first-order valence-electron chi connectivity index (χ1n) is 6.96. The first kappa shape index (κ1) is 13.5. The second-order valence-electron chi connectivity index (χ2n) is 5.80. The molecule has 3 heteroatoms. The normalized spacial score (nSPS) is 25.6. The minimum atomic E-state index is 0.585. The van der Waals surface area contributed by atoms with Gasteiger partial charge in [0.1, 0.15) is 0 Å². The summed E-state index contributed by atoms with van der Waals surface area (Å²) in [6.45, 7) is 12.2. The van der Waals surface area contributed by atoms with Crippen molar-refractivity contribution in [2.24, 2.45) is 5.92 Å². The van der Waals surface area contributed by atoms with Crippen molar-refractivity contribution in [2.45, 2.75) is 46.3 Å². The van der Waals surface area contributed by atoms with E-state index in [0.717, 1.165) is 19.6 Å². The van der Waals surface area contributed by atoms with Crippen molar-refractivity contribution < 1.29 is 0 Å². The molecule has 3 nitrogen and oxygen atoms in total. The summed E-state index contributed by atoms with van der Waals surface area (Å²) in [5.74, 6) is 0.685. The number of hydrogen-bond donors (Lipinski definition) is 1. The van der Waals surface area contributed by atoms with Crippen LogP contribution in [0.3, 0.4) is 0 Å². The molecule has 0 saturated carbocycles. The molecule has 0 spiro atoms. The van der Waals surface area contributed by atoms with Crippen LogP contribution in [0.15, 0.2) is 18.3 Å². The smallest absolute Gasteiger partial charge is 0.0573 e. The molecule has 1 aliphatic rings. The van der Waals surface area contributed by atoms with E-state index in [1.54, 1.807) is 0 Å². The Labute approximate surface area is 111 Å². The van der Waals surface area contributed by atoms with Gasteiger partial charge in [-0.15, -0.1) is 0 Å². The van der Waals surface area contributed by atoms with Gasteiger partial charge in [0, 0.05) is 37.9 Å². The van der Waals surface area contributed by atoms with E-state index in [2.05, 4.69) is 49.0 Å². The fraction of sp³-hybridized carbons (Fsp3) is 0.667. The third-order valence-corrected chi connectivity index (χ3v) is 4.01. The number of rotatable bonds is 3. The van der Waals surface area contributed by atoms with E-state index in [-0.39, 0.29) is 0 Å². The SMILES string of the molecule is Cc1cccnc1CN1CC(C(C)C)NCC1C. The third kappa shape index (κ3) is 3.09. The summed E-state index contributed by atoms with van der Waals surface area (Å²) in [7, 11) is 0. The standard InChI is InChI=1S/C15H25N3/c1-11(2)14-9-18(13(4)8-17-14)10-15-12(3)6-5-7-16-15/h5-7,11,13-14,17H,8-10H2,1-4H3. The summed E-state index contributed by atoms with van der Waals surface area (Å²) in [6.07, 6.45) is 1.90. The molecule has 2 rings (SSSR count). The lowest BCUT2D eigenvalue weighted by molar-refractivity contribution is 0.114. The average molecular weight is 247 g/mol. The number of aryl methyl sites for hydroxylation is 1. The van der Waals surface area contributed by atoms with E-state index >= 15 is 0 Å². The summed E-state index contributed by atoms with van der Waals surface area (Å²) in [4.78, 5) is 7.07. The molecule has 1 aromatic heterocycles. The Bertz CT molecular complexity index is 389. The third-order valence-electron chi connectivity index (χ3n) is 4.01. The zero-order valence-corrected chi connectivity index (χ0v) is 12.0. The van der Waals surface area contributed by atoms with Gasteiger partial charge in [-0.2, -0.15) is 0 Å². The van der Waals surface area contributed by atoms with Gasteiger partial charge >= 0.3 is 0 Å². The van der Waals surface area contributed by atoms with Gasteiger partial charge in [-0.05, 0) is 31.4 Å². The summed E-state index contributed by atoms with van der Waals surface area (Å²) >= 11 is 0. The van der Waals surface area contributed by atoms with Crippen LogP contribution in [0, 0.1) is 12.8 Å². The fourth-order valence-electron chi connectivity index (χ4n) is 2.49. The molecule has 2 heterocycles. The molecule has 100 valence electrons. The van der Waals surface area contributed by atoms with E-state index < -0.39 is 0 Å². The Morgan fingerprint density at radius 1 is 1.50 bits per heavy atom. The van der Waals surface area contributed by atoms with Gasteiger partial charge in [0.25, 0.3) is 0 Å². The lowest BCUT2D eigenvalue weighted by atomic mass is 9.99. The predicted molar refractivity (Wildman–Crippen MR) is 75.5 cm³/mol. The van der Waals surface area contributed by atoms with Crippen LogP contribution in [0.5, 0.6) is 0 Å². The van der Waals surface area contributed by atoms with E-state index in [4.69, 9.17) is 0 Å². The minimum Gasteiger partial charge on any atom is -0.311 e. The summed E-state index contributed by atoms with van der Waals surface area (Å²) < 4.78 is 0. The van der Waals surface area contributed by atoms with Gasteiger partial charge in [-0.25, -0.2) is 0 Å². The molecule has 0 aliphatic carbocycles. The van der Waals surface area contributed by atoms with Crippen molar-refractivity contribution in [3.8, 4) is 0 Å². The monoisotopic (exact) mass is 247 g/mol. The lowest BCUT2D eigenvalue weighted by Crippen LogP contribution is -2.56. The van der Waals surface area contributed by atoms with Crippen molar-refractivity contribution in [3.05, 3.63) is 29.6 Å². The Hall–Kier alpha value is -0.930. The average Bonchev–Trinajstić information content (AvgIpc) is 2.34. The second-order valence-corrected chi connectivity index (χ2v) is 5.80. The lowest BCUT2D eigenvalue weighted by Gasteiger charge is -2.40. The molecule has 1 fully saturated rings. The predicted octanol–water partition coefficient (Wildman–Crippen LogP) is 2.21. The molecule has 2 unspecified atom stereocenters. The summed E-state index contributed by atoms with van der Waals surface area (Å²) in [6, 6.07) is 5.35. The molecule has 0 aromatic carbocycles. The van der Waals surface area contributed by atoms with Crippen molar-refractivity contribution >= 4 is 0 Å². The van der Waals surface area contributed by atoms with Gasteiger partial charge < -0.3 is 5.32 Å². The molecule has 1 aliphatic heterocycles. The fourth-order valence-corrected chi connectivity index (χ4v) is 2.49. The highest BCUT2D eigenvalue weighted by Gasteiger charge is 2.26. The van der Waals surface area contributed by atoms with E-state index in [0.29, 0.717) is 18.0 Å². The summed E-state index contributed by atoms with van der Waals surface area (Å²) in [5, 5.41) is 3.64. The van der Waals surface area contributed by atoms with Crippen molar-refractivity contribution in [2.75, 3.05) is 13.1 Å². The van der Waals surface area contributed by atoms with Gasteiger partial charge in [0.05, 0.1) is 5.69 Å². The highest BCUT2D eigenvalue weighted by Crippen LogP contribution is 2.16. The highest BCUT2D eigenvalue weighted by molar-refractivity contribution is 5.17. The molecule has 0 radical (unpaired) electrons. The first-order chi connectivity index (χ1) is 8.58. The number of nitrogens with one attached hydrogen (secondary N) is 1. The van der Waals surface area contributed by atoms with Crippen LogP contribution in [0.4, 0.5) is 0 Å². The number of piperazine rings is 1. The quantitative estimate of drug-likeness (QED) is 0.887. The van der Waals surface area contributed by atoms with Crippen molar-refractivity contribution in [3.63, 3.8) is 0 Å². The Balaban J connectivity index is 2.05. The Morgan fingerprint density at radius 3 is 2.94 bits per heavy atom. The summed E-state index contributed by atoms with van der Waals surface area (Å²) in [5.41, 5.74) is 2.51. The Morgan fingerprint density at radius 2 is 2.28 bits per heavy atom. The molecule has 0 bridgehead atoms. The van der Waals surface area contributed by atoms with Crippen LogP contribution in [0.2, 0.25) is 0 Å². The van der Waals surface area contributed by atoms with Crippen LogP contribution in [0.1, 0.15) is 32.0 Å². The van der Waals surface area contributed by atoms with Gasteiger partial charge in [0.2, 0.25) is 0 Å². The van der Waals surface area contributed by atoms with Crippen LogP contribution in [0.25, 0.3) is 0 Å².